The molecule has 0 radical (unpaired) electrons. The molecule has 1 aromatic carbocycles. The first-order valence-electron chi connectivity index (χ1n) is 4.11. The van der Waals surface area contributed by atoms with Crippen LogP contribution >= 0.6 is 0 Å². The monoisotopic (exact) mass is 175 g/mol. The Bertz CT molecular complexity index is 316. The highest BCUT2D eigenvalue weighted by atomic mass is 14.9. The fraction of sp³-hybridized carbons (Fsp3) is 0.200. The molecule has 0 heterocycles. The van der Waals surface area contributed by atoms with E-state index < -0.39 is 0 Å². The van der Waals surface area contributed by atoms with Crippen LogP contribution in [0.4, 0.5) is 5.69 Å². The highest BCUT2D eigenvalue weighted by Crippen LogP contribution is 2.15. The first-order valence-corrected chi connectivity index (χ1v) is 4.11. The Hall–Kier alpha value is -1.64. The standard InChI is InChI=1S/C10H13N3/c1-9-5-3-4-6-10(9)13-8-12-7-11-2/h3-8H,1-2H3,(H,11,12,13). The first kappa shape index (κ1) is 9.45. The molecule has 1 rings (SSSR count). The summed E-state index contributed by atoms with van der Waals surface area (Å²) in [5.74, 6) is 0. The molecule has 0 aliphatic heterocycles. The van der Waals surface area contributed by atoms with Gasteiger partial charge in [-0.25, -0.2) is 9.98 Å². The molecule has 13 heavy (non-hydrogen) atoms. The third-order valence-corrected chi connectivity index (χ3v) is 1.58. The Kier molecular flexibility index (Phi) is 3.70. The Morgan fingerprint density at radius 1 is 1.31 bits per heavy atom. The number of para-hydroxylation sites is 1. The van der Waals surface area contributed by atoms with E-state index in [4.69, 9.17) is 0 Å². The van der Waals surface area contributed by atoms with Crippen molar-refractivity contribution in [2.75, 3.05) is 7.05 Å². The summed E-state index contributed by atoms with van der Waals surface area (Å²) in [6, 6.07) is 7.93. The lowest BCUT2D eigenvalue weighted by Crippen LogP contribution is -1.99. The van der Waals surface area contributed by atoms with E-state index in [1.54, 1.807) is 13.4 Å². The van der Waals surface area contributed by atoms with Gasteiger partial charge in [-0.2, -0.15) is 0 Å². The maximum Gasteiger partial charge on any atom is 0.117 e. The smallest absolute Gasteiger partial charge is 0.117 e. The summed E-state index contributed by atoms with van der Waals surface area (Å²) in [5.41, 5.74) is 2.11. The number of benzene rings is 1. The molecule has 0 aliphatic carbocycles. The van der Waals surface area contributed by atoms with Crippen LogP contribution in [0, 0.1) is 6.92 Å². The van der Waals surface area contributed by atoms with Gasteiger partial charge in [0.1, 0.15) is 6.34 Å². The van der Waals surface area contributed by atoms with E-state index in [0.29, 0.717) is 0 Å². The lowest BCUT2D eigenvalue weighted by Gasteiger charge is -1.95. The third kappa shape index (κ3) is 3.07. The van der Waals surface area contributed by atoms with E-state index in [-0.39, 0.29) is 0 Å². The maximum atomic E-state index is 4.18. The lowest BCUT2D eigenvalue weighted by atomic mass is 10.2. The van der Waals surface area contributed by atoms with E-state index in [1.165, 1.54) is 6.34 Å². The summed E-state index contributed by atoms with van der Waals surface area (Å²) in [5, 5.41) is 2.79. The molecule has 0 fully saturated rings. The van der Waals surface area contributed by atoms with Gasteiger partial charge in [-0.1, -0.05) is 18.2 Å². The molecule has 0 saturated carbocycles. The molecule has 0 unspecified atom stereocenters. The predicted molar refractivity (Wildman–Crippen MR) is 56.9 cm³/mol. The van der Waals surface area contributed by atoms with Crippen LogP contribution in [-0.2, 0) is 0 Å². The van der Waals surface area contributed by atoms with Crippen LogP contribution in [0.15, 0.2) is 34.3 Å². The van der Waals surface area contributed by atoms with Crippen molar-refractivity contribution in [2.24, 2.45) is 9.98 Å². The van der Waals surface area contributed by atoms with Crippen LogP contribution < -0.4 is 5.32 Å². The van der Waals surface area contributed by atoms with Gasteiger partial charge in [0.15, 0.2) is 0 Å². The van der Waals surface area contributed by atoms with Gasteiger partial charge in [0.05, 0.1) is 12.0 Å². The van der Waals surface area contributed by atoms with E-state index in [0.717, 1.165) is 11.3 Å². The van der Waals surface area contributed by atoms with Crippen molar-refractivity contribution in [1.82, 2.24) is 5.32 Å². The fourth-order valence-corrected chi connectivity index (χ4v) is 0.912. The summed E-state index contributed by atoms with van der Waals surface area (Å²) in [6.07, 6.45) is 3.11. The lowest BCUT2D eigenvalue weighted by molar-refractivity contribution is 1.21. The molecule has 0 atom stereocenters. The van der Waals surface area contributed by atoms with Gasteiger partial charge in [0, 0.05) is 7.05 Å². The van der Waals surface area contributed by atoms with Crippen molar-refractivity contribution in [1.29, 1.82) is 0 Å². The Morgan fingerprint density at radius 2 is 2.08 bits per heavy atom. The van der Waals surface area contributed by atoms with Crippen molar-refractivity contribution in [3.05, 3.63) is 29.8 Å². The summed E-state index contributed by atoms with van der Waals surface area (Å²) in [6.45, 7) is 2.02. The zero-order valence-corrected chi connectivity index (χ0v) is 7.86. The van der Waals surface area contributed by atoms with Crippen LogP contribution in [0.5, 0.6) is 0 Å². The molecule has 3 heteroatoms. The summed E-state index contributed by atoms with van der Waals surface area (Å²) < 4.78 is 0. The van der Waals surface area contributed by atoms with Crippen molar-refractivity contribution >= 4 is 18.4 Å². The van der Waals surface area contributed by atoms with Gasteiger partial charge in [0.25, 0.3) is 0 Å². The van der Waals surface area contributed by atoms with Crippen LogP contribution in [0.1, 0.15) is 5.56 Å². The Balaban J connectivity index is 2.68. The van der Waals surface area contributed by atoms with Crippen LogP contribution in [0.3, 0.4) is 0 Å². The summed E-state index contributed by atoms with van der Waals surface area (Å²) >= 11 is 0. The minimum absolute atomic E-state index is 0.954. The predicted octanol–water partition coefficient (Wildman–Crippen LogP) is 1.90. The number of hydrogen-bond donors (Lipinski definition) is 1. The largest absolute Gasteiger partial charge is 0.379 e. The molecule has 3 nitrogen and oxygen atoms in total. The van der Waals surface area contributed by atoms with E-state index in [1.807, 2.05) is 31.2 Å². The van der Waals surface area contributed by atoms with Crippen LogP contribution in [0.25, 0.3) is 0 Å². The summed E-state index contributed by atoms with van der Waals surface area (Å²) in [4.78, 5) is 8.08. The normalized spacial score (nSPS) is 11.2. The average molecular weight is 175 g/mol. The number of nitrogens with zero attached hydrogens (tertiary/aromatic N) is 2. The molecule has 0 saturated heterocycles. The van der Waals surface area contributed by atoms with Crippen LogP contribution in [0.2, 0.25) is 0 Å². The van der Waals surface area contributed by atoms with E-state index in [9.17, 15) is 0 Å². The van der Waals surface area contributed by atoms with E-state index >= 15 is 0 Å². The van der Waals surface area contributed by atoms with Gasteiger partial charge < -0.3 is 5.32 Å². The SMILES string of the molecule is CN/C=N\C=N\c1ccccc1C. The molecule has 0 bridgehead atoms. The summed E-state index contributed by atoms with van der Waals surface area (Å²) in [7, 11) is 1.80. The number of rotatable bonds is 3. The molecular formula is C10H13N3. The van der Waals surface area contributed by atoms with Crippen LogP contribution in [-0.4, -0.2) is 19.7 Å². The quantitative estimate of drug-likeness (QED) is 0.553. The molecular weight excluding hydrogens is 162 g/mol. The number of aryl methyl sites for hydroxylation is 1. The zero-order chi connectivity index (χ0) is 9.52. The molecule has 0 amide bonds. The van der Waals surface area contributed by atoms with Crippen molar-refractivity contribution in [3.63, 3.8) is 0 Å². The van der Waals surface area contributed by atoms with Gasteiger partial charge >= 0.3 is 0 Å². The second-order valence-electron chi connectivity index (χ2n) is 2.60. The Morgan fingerprint density at radius 3 is 2.77 bits per heavy atom. The highest BCUT2D eigenvalue weighted by molar-refractivity contribution is 5.73. The number of nitrogens with one attached hydrogen (secondary N) is 1. The van der Waals surface area contributed by atoms with Gasteiger partial charge in [-0.05, 0) is 18.6 Å². The molecule has 68 valence electrons. The van der Waals surface area contributed by atoms with Gasteiger partial charge in [-0.15, -0.1) is 0 Å². The van der Waals surface area contributed by atoms with E-state index in [2.05, 4.69) is 15.3 Å². The van der Waals surface area contributed by atoms with Gasteiger partial charge in [0.2, 0.25) is 0 Å². The zero-order valence-electron chi connectivity index (χ0n) is 7.86. The molecule has 0 aromatic heterocycles. The second-order valence-corrected chi connectivity index (χ2v) is 2.60. The molecule has 0 spiro atoms. The number of hydrogen-bond acceptors (Lipinski definition) is 1. The molecule has 1 N–H and O–H groups in total. The highest BCUT2D eigenvalue weighted by Gasteiger charge is 1.90. The first-order chi connectivity index (χ1) is 6.34. The van der Waals surface area contributed by atoms with Gasteiger partial charge in [-0.3, -0.25) is 0 Å². The third-order valence-electron chi connectivity index (χ3n) is 1.58. The molecule has 1 aromatic rings. The topological polar surface area (TPSA) is 36.8 Å². The van der Waals surface area contributed by atoms with Crippen molar-refractivity contribution in [3.8, 4) is 0 Å². The Labute approximate surface area is 78.2 Å². The molecule has 0 aliphatic rings. The maximum absolute atomic E-state index is 4.18. The van der Waals surface area contributed by atoms with Crippen molar-refractivity contribution in [2.45, 2.75) is 6.92 Å². The minimum Gasteiger partial charge on any atom is -0.379 e. The average Bonchev–Trinajstić information content (AvgIpc) is 2.15. The second kappa shape index (κ2) is 5.09. The minimum atomic E-state index is 0.954. The fourth-order valence-electron chi connectivity index (χ4n) is 0.912. The number of aliphatic imine (C=N–C) groups is 2. The van der Waals surface area contributed by atoms with Crippen molar-refractivity contribution < 1.29 is 0 Å².